The molecule has 1 aromatic carbocycles. The van der Waals surface area contributed by atoms with Crippen molar-refractivity contribution >= 4 is 5.97 Å². The Kier molecular flexibility index (Phi) is 3.48. The average Bonchev–Trinajstić information content (AvgIpc) is 2.47. The summed E-state index contributed by atoms with van der Waals surface area (Å²) in [6.45, 7) is 0. The van der Waals surface area contributed by atoms with Crippen molar-refractivity contribution in [2.24, 2.45) is 0 Å². The van der Waals surface area contributed by atoms with Crippen LogP contribution in [0, 0.1) is 0 Å². The van der Waals surface area contributed by atoms with Crippen molar-refractivity contribution in [1.82, 2.24) is 4.98 Å². The van der Waals surface area contributed by atoms with Gasteiger partial charge in [-0.3, -0.25) is 4.98 Å². The number of pyridine rings is 1. The van der Waals surface area contributed by atoms with Crippen LogP contribution in [-0.4, -0.2) is 28.3 Å². The molecule has 0 aliphatic carbocycles. The maximum atomic E-state index is 11.5. The number of carboxylic acids is 1. The predicted molar refractivity (Wildman–Crippen MR) is 67.9 cm³/mol. The molecule has 19 heavy (non-hydrogen) atoms. The molecule has 0 saturated carbocycles. The SMILES string of the molecule is COc1ccc([C@](O)(C(=O)O)c2cccnc2)cc1. The molecule has 0 bridgehead atoms. The Balaban J connectivity index is 2.53. The van der Waals surface area contributed by atoms with Crippen molar-refractivity contribution in [3.05, 3.63) is 59.9 Å². The molecule has 2 aromatic rings. The van der Waals surface area contributed by atoms with Gasteiger partial charge in [0.15, 0.2) is 0 Å². The minimum atomic E-state index is -2.12. The highest BCUT2D eigenvalue weighted by atomic mass is 16.5. The van der Waals surface area contributed by atoms with Crippen molar-refractivity contribution in [3.8, 4) is 5.75 Å². The number of nitrogens with zero attached hydrogens (tertiary/aromatic N) is 1. The van der Waals surface area contributed by atoms with Crippen LogP contribution < -0.4 is 4.74 Å². The Labute approximate surface area is 110 Å². The quantitative estimate of drug-likeness (QED) is 0.867. The molecular formula is C14H13NO4. The molecule has 1 aromatic heterocycles. The van der Waals surface area contributed by atoms with Gasteiger partial charge in [-0.05, 0) is 23.8 Å². The summed E-state index contributed by atoms with van der Waals surface area (Å²) in [7, 11) is 1.51. The monoisotopic (exact) mass is 259 g/mol. The molecular weight excluding hydrogens is 246 g/mol. The molecule has 0 aliphatic rings. The van der Waals surface area contributed by atoms with Crippen molar-refractivity contribution in [2.75, 3.05) is 7.11 Å². The van der Waals surface area contributed by atoms with E-state index in [1.54, 1.807) is 18.2 Å². The summed E-state index contributed by atoms with van der Waals surface area (Å²) >= 11 is 0. The van der Waals surface area contributed by atoms with Crippen molar-refractivity contribution in [1.29, 1.82) is 0 Å². The minimum Gasteiger partial charge on any atom is -0.497 e. The van der Waals surface area contributed by atoms with Crippen LogP contribution in [0.5, 0.6) is 5.75 Å². The van der Waals surface area contributed by atoms with E-state index in [2.05, 4.69) is 4.98 Å². The standard InChI is InChI=1S/C14H13NO4/c1-19-12-6-4-10(5-7-12)14(18,13(16)17)11-3-2-8-15-9-11/h2-9,18H,1H3,(H,16,17)/t14-/m1/s1. The first-order valence-corrected chi connectivity index (χ1v) is 5.60. The summed E-state index contributed by atoms with van der Waals surface area (Å²) in [6.07, 6.45) is 2.85. The maximum Gasteiger partial charge on any atom is 0.345 e. The Bertz CT molecular complexity index is 568. The molecule has 1 heterocycles. The van der Waals surface area contributed by atoms with E-state index in [4.69, 9.17) is 4.74 Å². The molecule has 0 saturated heterocycles. The summed E-state index contributed by atoms with van der Waals surface area (Å²) in [6, 6.07) is 9.32. The zero-order valence-corrected chi connectivity index (χ0v) is 10.3. The second-order valence-corrected chi connectivity index (χ2v) is 3.99. The molecule has 0 radical (unpaired) electrons. The van der Waals surface area contributed by atoms with E-state index in [1.165, 1.54) is 37.7 Å². The summed E-state index contributed by atoms with van der Waals surface area (Å²) < 4.78 is 5.01. The lowest BCUT2D eigenvalue weighted by Crippen LogP contribution is -2.36. The van der Waals surface area contributed by atoms with E-state index in [9.17, 15) is 15.0 Å². The van der Waals surface area contributed by atoms with Crippen LogP contribution in [0.1, 0.15) is 11.1 Å². The van der Waals surface area contributed by atoms with Gasteiger partial charge in [0.25, 0.3) is 0 Å². The summed E-state index contributed by atoms with van der Waals surface area (Å²) in [5.41, 5.74) is -1.68. The summed E-state index contributed by atoms with van der Waals surface area (Å²) in [4.78, 5) is 15.3. The molecule has 98 valence electrons. The highest BCUT2D eigenvalue weighted by Crippen LogP contribution is 2.30. The van der Waals surface area contributed by atoms with E-state index in [-0.39, 0.29) is 11.1 Å². The number of rotatable bonds is 4. The molecule has 0 amide bonds. The summed E-state index contributed by atoms with van der Waals surface area (Å²) in [5, 5.41) is 19.9. The first kappa shape index (κ1) is 13.0. The van der Waals surface area contributed by atoms with E-state index >= 15 is 0 Å². The fourth-order valence-electron chi connectivity index (χ4n) is 1.82. The van der Waals surface area contributed by atoms with Crippen LogP contribution in [0.15, 0.2) is 48.8 Å². The average molecular weight is 259 g/mol. The fourth-order valence-corrected chi connectivity index (χ4v) is 1.82. The highest BCUT2D eigenvalue weighted by molar-refractivity contribution is 5.83. The van der Waals surface area contributed by atoms with Crippen molar-refractivity contribution in [2.45, 2.75) is 5.60 Å². The third kappa shape index (κ3) is 2.28. The number of hydrogen-bond donors (Lipinski definition) is 2. The Morgan fingerprint density at radius 1 is 1.21 bits per heavy atom. The number of hydrogen-bond acceptors (Lipinski definition) is 4. The highest BCUT2D eigenvalue weighted by Gasteiger charge is 2.40. The molecule has 2 N–H and O–H groups in total. The largest absolute Gasteiger partial charge is 0.497 e. The van der Waals surface area contributed by atoms with Crippen molar-refractivity contribution < 1.29 is 19.7 Å². The van der Waals surface area contributed by atoms with Gasteiger partial charge in [-0.15, -0.1) is 0 Å². The van der Waals surface area contributed by atoms with Crippen LogP contribution >= 0.6 is 0 Å². The number of ether oxygens (including phenoxy) is 1. The Morgan fingerprint density at radius 2 is 1.89 bits per heavy atom. The second-order valence-electron chi connectivity index (χ2n) is 3.99. The van der Waals surface area contributed by atoms with E-state index in [0.29, 0.717) is 5.75 Å². The molecule has 1 atom stereocenters. The molecule has 0 unspecified atom stereocenters. The predicted octanol–water partition coefficient (Wildman–Crippen LogP) is 1.41. The van der Waals surface area contributed by atoms with Crippen LogP contribution in [0.3, 0.4) is 0 Å². The van der Waals surface area contributed by atoms with Gasteiger partial charge in [-0.25, -0.2) is 4.79 Å². The fraction of sp³-hybridized carbons (Fsp3) is 0.143. The number of carboxylic acid groups (broad SMARTS) is 1. The molecule has 5 heteroatoms. The van der Waals surface area contributed by atoms with Gasteiger partial charge in [0.05, 0.1) is 7.11 Å². The van der Waals surface area contributed by atoms with Gasteiger partial charge in [-0.1, -0.05) is 18.2 Å². The van der Waals surface area contributed by atoms with Gasteiger partial charge in [-0.2, -0.15) is 0 Å². The topological polar surface area (TPSA) is 79.7 Å². The van der Waals surface area contributed by atoms with E-state index in [1.807, 2.05) is 0 Å². The molecule has 5 nitrogen and oxygen atoms in total. The maximum absolute atomic E-state index is 11.5. The number of carbonyl (C=O) groups is 1. The van der Waals surface area contributed by atoms with Gasteiger partial charge >= 0.3 is 5.97 Å². The lowest BCUT2D eigenvalue weighted by atomic mass is 9.87. The molecule has 2 rings (SSSR count). The zero-order chi connectivity index (χ0) is 13.9. The smallest absolute Gasteiger partial charge is 0.345 e. The summed E-state index contributed by atoms with van der Waals surface area (Å²) in [5.74, 6) is -0.770. The van der Waals surface area contributed by atoms with Gasteiger partial charge in [0.2, 0.25) is 5.60 Å². The van der Waals surface area contributed by atoms with Crippen LogP contribution in [0.2, 0.25) is 0 Å². The lowest BCUT2D eigenvalue weighted by molar-refractivity contribution is -0.155. The number of benzene rings is 1. The van der Waals surface area contributed by atoms with Gasteiger partial charge < -0.3 is 14.9 Å². The molecule has 0 spiro atoms. The lowest BCUT2D eigenvalue weighted by Gasteiger charge is -2.24. The zero-order valence-electron chi connectivity index (χ0n) is 10.3. The first-order chi connectivity index (χ1) is 9.09. The molecule has 0 aliphatic heterocycles. The Morgan fingerprint density at radius 3 is 2.37 bits per heavy atom. The number of aromatic nitrogens is 1. The normalized spacial score (nSPS) is 13.6. The Hall–Kier alpha value is -2.40. The minimum absolute atomic E-state index is 0.202. The van der Waals surface area contributed by atoms with Crippen LogP contribution in [-0.2, 0) is 10.4 Å². The third-order valence-electron chi connectivity index (χ3n) is 2.90. The van der Waals surface area contributed by atoms with Crippen LogP contribution in [0.25, 0.3) is 0 Å². The van der Waals surface area contributed by atoms with E-state index in [0.717, 1.165) is 0 Å². The number of aliphatic hydroxyl groups is 1. The second kappa shape index (κ2) is 5.07. The number of aliphatic carboxylic acids is 1. The first-order valence-electron chi connectivity index (χ1n) is 5.60. The number of methoxy groups -OCH3 is 1. The van der Waals surface area contributed by atoms with Gasteiger partial charge in [0.1, 0.15) is 5.75 Å². The third-order valence-corrected chi connectivity index (χ3v) is 2.90. The van der Waals surface area contributed by atoms with Gasteiger partial charge in [0, 0.05) is 18.0 Å². The molecule has 0 fully saturated rings. The van der Waals surface area contributed by atoms with E-state index < -0.39 is 11.6 Å². The van der Waals surface area contributed by atoms with Crippen molar-refractivity contribution in [3.63, 3.8) is 0 Å². The van der Waals surface area contributed by atoms with Crippen LogP contribution in [0.4, 0.5) is 0 Å².